The summed E-state index contributed by atoms with van der Waals surface area (Å²) in [6.45, 7) is 14.7. The first kappa shape index (κ1) is 17.6. The molecule has 1 heterocycles. The molecule has 3 aliphatic carbocycles. The van der Waals surface area contributed by atoms with Crippen LogP contribution in [-0.4, -0.2) is 17.5 Å². The van der Waals surface area contributed by atoms with Crippen LogP contribution in [0.5, 0.6) is 0 Å². The van der Waals surface area contributed by atoms with Crippen molar-refractivity contribution in [2.24, 2.45) is 28.6 Å². The Balaban J connectivity index is 1.40. The van der Waals surface area contributed by atoms with Crippen molar-refractivity contribution in [3.63, 3.8) is 0 Å². The molecule has 144 valence electrons. The van der Waals surface area contributed by atoms with Gasteiger partial charge in [0.1, 0.15) is 0 Å². The van der Waals surface area contributed by atoms with E-state index in [1.54, 1.807) is 0 Å². The zero-order chi connectivity index (χ0) is 19.0. The fraction of sp³-hybridized carbons (Fsp3) is 0.654. The topological polar surface area (TPSA) is 3.24 Å². The Morgan fingerprint density at radius 1 is 1.19 bits per heavy atom. The molecule has 4 fully saturated rings. The third kappa shape index (κ3) is 2.44. The van der Waals surface area contributed by atoms with Gasteiger partial charge in [-0.2, -0.15) is 0 Å². The molecular formula is C26H35N. The summed E-state index contributed by atoms with van der Waals surface area (Å²) in [5.74, 6) is 2.91. The smallest absolute Gasteiger partial charge is 0.0624 e. The van der Waals surface area contributed by atoms with Crippen LogP contribution in [0.3, 0.4) is 0 Å². The van der Waals surface area contributed by atoms with E-state index in [1.807, 2.05) is 0 Å². The lowest BCUT2D eigenvalue weighted by atomic mass is 9.79. The van der Waals surface area contributed by atoms with Gasteiger partial charge in [0.2, 0.25) is 0 Å². The van der Waals surface area contributed by atoms with Crippen LogP contribution < -0.4 is 0 Å². The zero-order valence-corrected chi connectivity index (χ0v) is 17.6. The SMILES string of the molecule is C=C=C1N(C2C3CC(CC)C4(C3)CC24)CCC1(C)Cc1cc(C)cc(C)c1. The lowest BCUT2D eigenvalue weighted by molar-refractivity contribution is 0.162. The maximum atomic E-state index is 4.16. The predicted molar refractivity (Wildman–Crippen MR) is 113 cm³/mol. The van der Waals surface area contributed by atoms with Gasteiger partial charge in [-0.05, 0) is 74.7 Å². The third-order valence-electron chi connectivity index (χ3n) is 8.78. The molecule has 0 radical (unpaired) electrons. The Kier molecular flexibility index (Phi) is 3.77. The number of hydrogen-bond acceptors (Lipinski definition) is 1. The summed E-state index contributed by atoms with van der Waals surface area (Å²) in [7, 11) is 0. The number of nitrogens with zero attached hydrogens (tertiary/aromatic N) is 1. The molecule has 1 saturated heterocycles. The first-order valence-electron chi connectivity index (χ1n) is 11.1. The second-order valence-corrected chi connectivity index (χ2v) is 10.5. The van der Waals surface area contributed by atoms with E-state index in [0.29, 0.717) is 0 Å². The summed E-state index contributed by atoms with van der Waals surface area (Å²) in [5.41, 5.74) is 10.0. The Labute approximate surface area is 165 Å². The van der Waals surface area contributed by atoms with Crippen molar-refractivity contribution in [1.82, 2.24) is 4.90 Å². The molecule has 5 rings (SSSR count). The standard InChI is InChI=1S/C26H35N/c1-6-21-13-20-15-26(21)16-22(26)24(20)27-9-8-25(5,23(27)7-2)14-19-11-17(3)10-18(4)12-19/h10-12,20-22,24H,2,6,8-9,13-16H2,1,3-5H3. The molecule has 1 aromatic carbocycles. The van der Waals surface area contributed by atoms with Gasteiger partial charge >= 0.3 is 0 Å². The van der Waals surface area contributed by atoms with Gasteiger partial charge in [0, 0.05) is 18.0 Å². The van der Waals surface area contributed by atoms with Crippen molar-refractivity contribution in [2.75, 3.05) is 6.54 Å². The summed E-state index contributed by atoms with van der Waals surface area (Å²) >= 11 is 0. The lowest BCUT2D eigenvalue weighted by Gasteiger charge is -2.38. The summed E-state index contributed by atoms with van der Waals surface area (Å²) in [4.78, 5) is 2.78. The predicted octanol–water partition coefficient (Wildman–Crippen LogP) is 6.05. The minimum atomic E-state index is 0.191. The van der Waals surface area contributed by atoms with Gasteiger partial charge in [0.05, 0.1) is 5.70 Å². The number of hydrogen-bond donors (Lipinski definition) is 0. The van der Waals surface area contributed by atoms with E-state index in [4.69, 9.17) is 0 Å². The van der Waals surface area contributed by atoms with Gasteiger partial charge < -0.3 is 4.90 Å². The van der Waals surface area contributed by atoms with E-state index in [-0.39, 0.29) is 5.41 Å². The van der Waals surface area contributed by atoms with Crippen LogP contribution in [0.15, 0.2) is 36.2 Å². The highest BCUT2D eigenvalue weighted by Crippen LogP contribution is 2.77. The number of aryl methyl sites for hydroxylation is 2. The molecule has 1 aliphatic heterocycles. The maximum Gasteiger partial charge on any atom is 0.0624 e. The molecule has 0 aromatic heterocycles. The largest absolute Gasteiger partial charge is 0.365 e. The fourth-order valence-corrected chi connectivity index (χ4v) is 7.84. The molecular weight excluding hydrogens is 326 g/mol. The molecule has 1 aromatic rings. The van der Waals surface area contributed by atoms with Crippen LogP contribution in [0.1, 0.15) is 62.6 Å². The first-order valence-corrected chi connectivity index (χ1v) is 11.1. The van der Waals surface area contributed by atoms with Gasteiger partial charge in [0.15, 0.2) is 0 Å². The molecule has 4 aliphatic rings. The maximum absolute atomic E-state index is 4.16. The number of likely N-dealkylation sites (tertiary alicyclic amines) is 1. The van der Waals surface area contributed by atoms with Crippen molar-refractivity contribution in [1.29, 1.82) is 0 Å². The van der Waals surface area contributed by atoms with Crippen molar-refractivity contribution in [2.45, 2.75) is 72.3 Å². The molecule has 6 unspecified atom stereocenters. The Bertz CT molecular complexity index is 808. The van der Waals surface area contributed by atoms with Crippen molar-refractivity contribution in [3.8, 4) is 0 Å². The Hall–Kier alpha value is -1.46. The van der Waals surface area contributed by atoms with Gasteiger partial charge in [-0.15, -0.1) is 5.73 Å². The lowest BCUT2D eigenvalue weighted by Crippen LogP contribution is -2.40. The van der Waals surface area contributed by atoms with Crippen LogP contribution in [0, 0.1) is 42.4 Å². The van der Waals surface area contributed by atoms with E-state index in [1.165, 1.54) is 61.0 Å². The highest BCUT2D eigenvalue weighted by Gasteiger charge is 2.73. The van der Waals surface area contributed by atoms with Crippen LogP contribution in [-0.2, 0) is 6.42 Å². The molecule has 0 amide bonds. The number of allylic oxidation sites excluding steroid dienone is 1. The number of benzene rings is 1. The summed E-state index contributed by atoms with van der Waals surface area (Å²) in [6, 6.07) is 7.82. The first-order chi connectivity index (χ1) is 12.9. The molecule has 1 nitrogen and oxygen atoms in total. The molecule has 3 saturated carbocycles. The van der Waals surface area contributed by atoms with Crippen LogP contribution >= 0.6 is 0 Å². The van der Waals surface area contributed by atoms with Gasteiger partial charge in [-0.3, -0.25) is 0 Å². The van der Waals surface area contributed by atoms with Crippen LogP contribution in [0.4, 0.5) is 0 Å². The quantitative estimate of drug-likeness (QED) is 0.590. The number of rotatable bonds is 4. The molecule has 0 N–H and O–H groups in total. The van der Waals surface area contributed by atoms with E-state index in [2.05, 4.69) is 63.1 Å². The zero-order valence-electron chi connectivity index (χ0n) is 17.6. The van der Waals surface area contributed by atoms with Gasteiger partial charge in [0.25, 0.3) is 0 Å². The third-order valence-corrected chi connectivity index (χ3v) is 8.78. The summed E-state index contributed by atoms with van der Waals surface area (Å²) in [6.07, 6.45) is 8.25. The minimum Gasteiger partial charge on any atom is -0.365 e. The van der Waals surface area contributed by atoms with E-state index in [9.17, 15) is 0 Å². The van der Waals surface area contributed by atoms with E-state index < -0.39 is 0 Å². The Morgan fingerprint density at radius 2 is 1.93 bits per heavy atom. The summed E-state index contributed by atoms with van der Waals surface area (Å²) in [5, 5.41) is 0. The van der Waals surface area contributed by atoms with Crippen molar-refractivity contribution >= 4 is 0 Å². The van der Waals surface area contributed by atoms with Gasteiger partial charge in [-0.25, -0.2) is 0 Å². The second kappa shape index (κ2) is 5.77. The highest BCUT2D eigenvalue weighted by atomic mass is 15.2. The van der Waals surface area contributed by atoms with Crippen LogP contribution in [0.25, 0.3) is 0 Å². The average molecular weight is 362 g/mol. The number of fused-ring (bicyclic) bond motifs is 1. The van der Waals surface area contributed by atoms with Crippen molar-refractivity contribution in [3.05, 3.63) is 52.9 Å². The monoisotopic (exact) mass is 361 g/mol. The molecule has 27 heavy (non-hydrogen) atoms. The fourth-order valence-electron chi connectivity index (χ4n) is 7.84. The van der Waals surface area contributed by atoms with Crippen molar-refractivity contribution < 1.29 is 0 Å². The van der Waals surface area contributed by atoms with Gasteiger partial charge in [-0.1, -0.05) is 56.2 Å². The van der Waals surface area contributed by atoms with Crippen LogP contribution in [0.2, 0.25) is 0 Å². The molecule has 1 heteroatoms. The highest BCUT2D eigenvalue weighted by molar-refractivity contribution is 5.33. The Morgan fingerprint density at radius 3 is 2.56 bits per heavy atom. The van der Waals surface area contributed by atoms with E-state index in [0.717, 1.165) is 35.6 Å². The summed E-state index contributed by atoms with van der Waals surface area (Å²) < 4.78 is 0. The molecule has 2 bridgehead atoms. The molecule has 6 atom stereocenters. The minimum absolute atomic E-state index is 0.191. The van der Waals surface area contributed by atoms with E-state index >= 15 is 0 Å². The normalized spacial score (nSPS) is 41.8. The average Bonchev–Trinajstić information content (AvgIpc) is 2.91. The second-order valence-electron chi connectivity index (χ2n) is 10.5. The molecule has 1 spiro atoms.